The SMILES string of the molecule is CC1CCCCC1Nc1c(C(=N)N)cnn2cccc12. The van der Waals surface area contributed by atoms with E-state index >= 15 is 0 Å². The smallest absolute Gasteiger partial charge is 0.126 e. The summed E-state index contributed by atoms with van der Waals surface area (Å²) < 4.78 is 1.82. The van der Waals surface area contributed by atoms with Crippen molar-refractivity contribution in [1.82, 2.24) is 9.61 Å². The van der Waals surface area contributed by atoms with Gasteiger partial charge in [-0.3, -0.25) is 5.41 Å². The van der Waals surface area contributed by atoms with Gasteiger partial charge in [0.15, 0.2) is 0 Å². The molecule has 2 aromatic rings. The lowest BCUT2D eigenvalue weighted by Crippen LogP contribution is -2.31. The zero-order chi connectivity index (χ0) is 14.1. The van der Waals surface area contributed by atoms with Crippen molar-refractivity contribution in [2.75, 3.05) is 5.32 Å². The summed E-state index contributed by atoms with van der Waals surface area (Å²) in [6, 6.07) is 4.42. The molecule has 106 valence electrons. The summed E-state index contributed by atoms with van der Waals surface area (Å²) in [5.74, 6) is 0.707. The highest BCUT2D eigenvalue weighted by Gasteiger charge is 2.23. The minimum absolute atomic E-state index is 0.0622. The first kappa shape index (κ1) is 13.0. The first-order valence-electron chi connectivity index (χ1n) is 7.24. The van der Waals surface area contributed by atoms with Crippen molar-refractivity contribution in [3.05, 3.63) is 30.1 Å². The topological polar surface area (TPSA) is 79.2 Å². The van der Waals surface area contributed by atoms with E-state index < -0.39 is 0 Å². The van der Waals surface area contributed by atoms with Crippen LogP contribution in [0.3, 0.4) is 0 Å². The van der Waals surface area contributed by atoms with Crippen LogP contribution in [0, 0.1) is 11.3 Å². The average molecular weight is 271 g/mol. The van der Waals surface area contributed by atoms with Crippen LogP contribution in [0.1, 0.15) is 38.2 Å². The van der Waals surface area contributed by atoms with Crippen LogP contribution in [0.4, 0.5) is 5.69 Å². The minimum atomic E-state index is 0.0622. The summed E-state index contributed by atoms with van der Waals surface area (Å²) in [7, 11) is 0. The third-order valence-electron chi connectivity index (χ3n) is 4.30. The Hall–Kier alpha value is -2.04. The van der Waals surface area contributed by atoms with E-state index in [1.807, 2.05) is 22.8 Å². The van der Waals surface area contributed by atoms with Gasteiger partial charge in [0.25, 0.3) is 0 Å². The monoisotopic (exact) mass is 271 g/mol. The number of amidine groups is 1. The Balaban J connectivity index is 2.01. The molecule has 1 aliphatic rings. The number of nitrogens with zero attached hydrogens (tertiary/aromatic N) is 2. The van der Waals surface area contributed by atoms with Crippen LogP contribution in [0.25, 0.3) is 5.52 Å². The Kier molecular flexibility index (Phi) is 3.34. The quantitative estimate of drug-likeness (QED) is 0.593. The molecular formula is C15H21N5. The number of hydrogen-bond donors (Lipinski definition) is 3. The van der Waals surface area contributed by atoms with Crippen molar-refractivity contribution >= 4 is 17.0 Å². The van der Waals surface area contributed by atoms with Gasteiger partial charge in [-0.25, -0.2) is 4.52 Å². The van der Waals surface area contributed by atoms with Crippen molar-refractivity contribution in [2.45, 2.75) is 38.6 Å². The van der Waals surface area contributed by atoms with Gasteiger partial charge in [0.05, 0.1) is 23.0 Å². The molecule has 5 nitrogen and oxygen atoms in total. The Morgan fingerprint density at radius 2 is 2.25 bits per heavy atom. The Bertz CT molecular complexity index is 630. The summed E-state index contributed by atoms with van der Waals surface area (Å²) in [5.41, 5.74) is 8.32. The van der Waals surface area contributed by atoms with Crippen LogP contribution in [0.2, 0.25) is 0 Å². The molecule has 4 N–H and O–H groups in total. The number of hydrogen-bond acceptors (Lipinski definition) is 3. The number of nitrogens with one attached hydrogen (secondary N) is 2. The number of nitrogens with two attached hydrogens (primary N) is 1. The van der Waals surface area contributed by atoms with E-state index in [-0.39, 0.29) is 5.84 Å². The van der Waals surface area contributed by atoms with Crippen molar-refractivity contribution < 1.29 is 0 Å². The van der Waals surface area contributed by atoms with E-state index in [9.17, 15) is 0 Å². The van der Waals surface area contributed by atoms with E-state index in [0.29, 0.717) is 17.5 Å². The van der Waals surface area contributed by atoms with Gasteiger partial charge in [0, 0.05) is 12.2 Å². The fraction of sp³-hybridized carbons (Fsp3) is 0.467. The molecule has 20 heavy (non-hydrogen) atoms. The molecule has 0 amide bonds. The summed E-state index contributed by atoms with van der Waals surface area (Å²) in [6.07, 6.45) is 8.60. The molecule has 2 unspecified atom stereocenters. The fourth-order valence-corrected chi connectivity index (χ4v) is 3.07. The highest BCUT2D eigenvalue weighted by molar-refractivity contribution is 6.03. The van der Waals surface area contributed by atoms with Crippen LogP contribution in [-0.4, -0.2) is 21.5 Å². The molecule has 3 rings (SSSR count). The van der Waals surface area contributed by atoms with Gasteiger partial charge in [-0.1, -0.05) is 19.8 Å². The molecule has 0 radical (unpaired) electrons. The molecule has 2 aromatic heterocycles. The largest absolute Gasteiger partial charge is 0.384 e. The number of nitrogen functional groups attached to an aromatic ring is 1. The fourth-order valence-electron chi connectivity index (χ4n) is 3.07. The lowest BCUT2D eigenvalue weighted by Gasteiger charge is -2.31. The van der Waals surface area contributed by atoms with Crippen LogP contribution in [0.15, 0.2) is 24.5 Å². The van der Waals surface area contributed by atoms with Crippen molar-refractivity contribution in [2.24, 2.45) is 11.7 Å². The van der Waals surface area contributed by atoms with Crippen molar-refractivity contribution in [1.29, 1.82) is 5.41 Å². The second-order valence-electron chi connectivity index (χ2n) is 5.70. The number of fused-ring (bicyclic) bond motifs is 1. The summed E-state index contributed by atoms with van der Waals surface area (Å²) in [5, 5.41) is 15.7. The first-order chi connectivity index (χ1) is 9.66. The summed E-state index contributed by atoms with van der Waals surface area (Å²) >= 11 is 0. The summed E-state index contributed by atoms with van der Waals surface area (Å²) in [4.78, 5) is 0. The lowest BCUT2D eigenvalue weighted by atomic mass is 9.85. The Morgan fingerprint density at radius 3 is 3.00 bits per heavy atom. The lowest BCUT2D eigenvalue weighted by molar-refractivity contribution is 0.349. The molecule has 2 heterocycles. The van der Waals surface area contributed by atoms with E-state index in [0.717, 1.165) is 11.2 Å². The molecule has 0 spiro atoms. The maximum Gasteiger partial charge on any atom is 0.126 e. The van der Waals surface area contributed by atoms with Gasteiger partial charge < -0.3 is 11.1 Å². The highest BCUT2D eigenvalue weighted by Crippen LogP contribution is 2.30. The van der Waals surface area contributed by atoms with Gasteiger partial charge in [0.2, 0.25) is 0 Å². The number of rotatable bonds is 3. The number of anilines is 1. The molecule has 1 fully saturated rings. The predicted octanol–water partition coefficient (Wildman–Crippen LogP) is 2.61. The van der Waals surface area contributed by atoms with Crippen molar-refractivity contribution in [3.8, 4) is 0 Å². The molecular weight excluding hydrogens is 250 g/mol. The van der Waals surface area contributed by atoms with E-state index in [4.69, 9.17) is 11.1 Å². The third kappa shape index (κ3) is 2.24. The number of aromatic nitrogens is 2. The van der Waals surface area contributed by atoms with Crippen molar-refractivity contribution in [3.63, 3.8) is 0 Å². The van der Waals surface area contributed by atoms with Gasteiger partial charge in [-0.05, 0) is 30.9 Å². The zero-order valence-corrected chi connectivity index (χ0v) is 11.8. The Labute approximate surface area is 118 Å². The molecule has 0 aliphatic heterocycles. The molecule has 1 saturated carbocycles. The molecule has 2 atom stereocenters. The summed E-state index contributed by atoms with van der Waals surface area (Å²) in [6.45, 7) is 2.29. The second-order valence-corrected chi connectivity index (χ2v) is 5.70. The Morgan fingerprint density at radius 1 is 1.45 bits per heavy atom. The van der Waals surface area contributed by atoms with Crippen LogP contribution in [0.5, 0.6) is 0 Å². The maximum atomic E-state index is 7.76. The van der Waals surface area contributed by atoms with Gasteiger partial charge in [0.1, 0.15) is 5.84 Å². The van der Waals surface area contributed by atoms with Gasteiger partial charge >= 0.3 is 0 Å². The standard InChI is InChI=1S/C15H21N5/c1-10-5-2-3-6-12(10)19-14-11(15(16)17)9-18-20-8-4-7-13(14)20/h4,7-10,12,19H,2-3,5-6H2,1H3,(H3,16,17). The van der Waals surface area contributed by atoms with Crippen LogP contribution >= 0.6 is 0 Å². The molecule has 1 aliphatic carbocycles. The molecule has 0 aromatic carbocycles. The van der Waals surface area contributed by atoms with Crippen LogP contribution in [-0.2, 0) is 0 Å². The van der Waals surface area contributed by atoms with Gasteiger partial charge in [-0.15, -0.1) is 0 Å². The van der Waals surface area contributed by atoms with E-state index in [2.05, 4.69) is 17.3 Å². The molecule has 0 bridgehead atoms. The molecule has 5 heteroatoms. The first-order valence-corrected chi connectivity index (χ1v) is 7.24. The maximum absolute atomic E-state index is 7.76. The average Bonchev–Trinajstić information content (AvgIpc) is 2.90. The second kappa shape index (κ2) is 5.15. The normalized spacial score (nSPS) is 22.9. The van der Waals surface area contributed by atoms with E-state index in [1.54, 1.807) is 6.20 Å². The van der Waals surface area contributed by atoms with E-state index in [1.165, 1.54) is 25.7 Å². The van der Waals surface area contributed by atoms with Crippen LogP contribution < -0.4 is 11.1 Å². The zero-order valence-electron chi connectivity index (χ0n) is 11.8. The molecule has 0 saturated heterocycles. The predicted molar refractivity (Wildman–Crippen MR) is 81.3 cm³/mol. The highest BCUT2D eigenvalue weighted by atomic mass is 15.2. The van der Waals surface area contributed by atoms with Gasteiger partial charge in [-0.2, -0.15) is 5.10 Å². The minimum Gasteiger partial charge on any atom is -0.384 e. The third-order valence-corrected chi connectivity index (χ3v) is 4.30.